The van der Waals surface area contributed by atoms with E-state index in [-0.39, 0.29) is 33.9 Å². The molecule has 1 saturated heterocycles. The van der Waals surface area contributed by atoms with E-state index in [1.165, 1.54) is 19.2 Å². The Labute approximate surface area is 185 Å². The number of aromatic nitrogens is 1. The van der Waals surface area contributed by atoms with Crippen LogP contribution < -0.4 is 16.0 Å². The molecule has 9 heteroatoms. The number of pyridine rings is 1. The van der Waals surface area contributed by atoms with Gasteiger partial charge < -0.3 is 24.5 Å². The summed E-state index contributed by atoms with van der Waals surface area (Å²) in [6, 6.07) is 7.69. The molecule has 1 unspecified atom stereocenters. The van der Waals surface area contributed by atoms with E-state index >= 15 is 0 Å². The monoisotopic (exact) mass is 443 g/mol. The number of methoxy groups -OCH3 is 1. The Balaban J connectivity index is 1.83. The van der Waals surface area contributed by atoms with Gasteiger partial charge in [0.2, 0.25) is 5.88 Å². The van der Waals surface area contributed by atoms with Gasteiger partial charge >= 0.3 is 5.97 Å². The van der Waals surface area contributed by atoms with Gasteiger partial charge in [0.15, 0.2) is 0 Å². The SMILES string of the molecule is COC(=O)C1=C(N)Oc2cc(C)n(CCN3CCOCC3)c(=O)c2C1c1ccccc1F. The minimum Gasteiger partial charge on any atom is -0.465 e. The summed E-state index contributed by atoms with van der Waals surface area (Å²) in [6.45, 7) is 5.82. The van der Waals surface area contributed by atoms with Gasteiger partial charge in [-0.1, -0.05) is 18.2 Å². The largest absolute Gasteiger partial charge is 0.465 e. The van der Waals surface area contributed by atoms with Crippen LogP contribution in [-0.4, -0.2) is 55.4 Å². The minimum atomic E-state index is -1.05. The van der Waals surface area contributed by atoms with Gasteiger partial charge in [-0.2, -0.15) is 0 Å². The van der Waals surface area contributed by atoms with Crippen LogP contribution in [0.2, 0.25) is 0 Å². The Morgan fingerprint density at radius 1 is 1.25 bits per heavy atom. The van der Waals surface area contributed by atoms with E-state index in [2.05, 4.69) is 4.90 Å². The van der Waals surface area contributed by atoms with Gasteiger partial charge in [0, 0.05) is 43.5 Å². The van der Waals surface area contributed by atoms with Crippen molar-refractivity contribution < 1.29 is 23.4 Å². The molecule has 2 aliphatic rings. The first-order valence-corrected chi connectivity index (χ1v) is 10.5. The van der Waals surface area contributed by atoms with E-state index in [1.807, 2.05) is 0 Å². The number of hydrogen-bond donors (Lipinski definition) is 1. The molecule has 0 amide bonds. The first-order chi connectivity index (χ1) is 15.4. The molecule has 1 aromatic carbocycles. The van der Waals surface area contributed by atoms with Crippen LogP contribution in [0.5, 0.6) is 5.75 Å². The van der Waals surface area contributed by atoms with Crippen LogP contribution >= 0.6 is 0 Å². The average molecular weight is 443 g/mol. The lowest BCUT2D eigenvalue weighted by Gasteiger charge is -2.30. The van der Waals surface area contributed by atoms with Crippen molar-refractivity contribution in [1.29, 1.82) is 0 Å². The molecular weight excluding hydrogens is 417 g/mol. The van der Waals surface area contributed by atoms with Crippen LogP contribution in [0.15, 0.2) is 46.6 Å². The number of carbonyl (C=O) groups is 1. The summed E-state index contributed by atoms with van der Waals surface area (Å²) in [4.78, 5) is 28.5. The van der Waals surface area contributed by atoms with Crippen LogP contribution in [0.3, 0.4) is 0 Å². The highest BCUT2D eigenvalue weighted by Crippen LogP contribution is 2.42. The van der Waals surface area contributed by atoms with Crippen molar-refractivity contribution in [1.82, 2.24) is 9.47 Å². The number of halogens is 1. The number of fused-ring (bicyclic) bond motifs is 1. The highest BCUT2D eigenvalue weighted by molar-refractivity contribution is 5.92. The van der Waals surface area contributed by atoms with Crippen LogP contribution in [0, 0.1) is 12.7 Å². The second-order valence-corrected chi connectivity index (χ2v) is 7.80. The molecule has 1 aromatic heterocycles. The van der Waals surface area contributed by atoms with Crippen LogP contribution in [0.4, 0.5) is 4.39 Å². The number of nitrogens with two attached hydrogens (primary N) is 1. The van der Waals surface area contributed by atoms with Crippen molar-refractivity contribution >= 4 is 5.97 Å². The fourth-order valence-electron chi connectivity index (χ4n) is 4.26. The summed E-state index contributed by atoms with van der Waals surface area (Å²) in [5, 5.41) is 0. The van der Waals surface area contributed by atoms with Gasteiger partial charge in [0.25, 0.3) is 5.56 Å². The van der Waals surface area contributed by atoms with Crippen molar-refractivity contribution in [2.75, 3.05) is 40.0 Å². The second-order valence-electron chi connectivity index (χ2n) is 7.80. The van der Waals surface area contributed by atoms with Crippen LogP contribution in [0.1, 0.15) is 22.7 Å². The number of benzene rings is 1. The smallest absolute Gasteiger partial charge is 0.340 e. The molecule has 2 aromatic rings. The van der Waals surface area contributed by atoms with Gasteiger partial charge in [0.1, 0.15) is 17.1 Å². The molecule has 0 radical (unpaired) electrons. The molecule has 3 heterocycles. The number of aryl methyl sites for hydroxylation is 1. The fourth-order valence-corrected chi connectivity index (χ4v) is 4.26. The fraction of sp³-hybridized carbons (Fsp3) is 0.391. The zero-order chi connectivity index (χ0) is 22.8. The van der Waals surface area contributed by atoms with Gasteiger partial charge in [0.05, 0.1) is 31.8 Å². The predicted molar refractivity (Wildman–Crippen MR) is 115 cm³/mol. The van der Waals surface area contributed by atoms with E-state index in [1.54, 1.807) is 29.7 Å². The Morgan fingerprint density at radius 2 is 1.97 bits per heavy atom. The number of hydrogen-bond acceptors (Lipinski definition) is 7. The lowest BCUT2D eigenvalue weighted by molar-refractivity contribution is -0.136. The maximum Gasteiger partial charge on any atom is 0.340 e. The Hall–Kier alpha value is -3.17. The summed E-state index contributed by atoms with van der Waals surface area (Å²) in [5.41, 5.74) is 6.61. The van der Waals surface area contributed by atoms with Crippen LogP contribution in [-0.2, 0) is 20.8 Å². The lowest BCUT2D eigenvalue weighted by atomic mass is 9.83. The third-order valence-corrected chi connectivity index (χ3v) is 5.93. The standard InChI is InChI=1S/C23H26FN3O5/c1-14-13-17-19(22(28)27(14)8-7-26-9-11-31-12-10-26)18(15-5-3-4-6-16(15)24)20(21(25)32-17)23(29)30-2/h3-6,13,18H,7-12,25H2,1-2H3. The van der Waals surface area contributed by atoms with Crippen molar-refractivity contribution in [3.63, 3.8) is 0 Å². The molecule has 32 heavy (non-hydrogen) atoms. The zero-order valence-corrected chi connectivity index (χ0v) is 18.1. The highest BCUT2D eigenvalue weighted by atomic mass is 19.1. The Morgan fingerprint density at radius 3 is 2.66 bits per heavy atom. The number of esters is 1. The lowest BCUT2D eigenvalue weighted by Crippen LogP contribution is -2.41. The van der Waals surface area contributed by atoms with Crippen molar-refractivity contribution in [3.8, 4) is 5.75 Å². The summed E-state index contributed by atoms with van der Waals surface area (Å²) in [6.07, 6.45) is 0. The Kier molecular flexibility index (Phi) is 6.29. The molecule has 170 valence electrons. The van der Waals surface area contributed by atoms with Gasteiger partial charge in [-0.25, -0.2) is 9.18 Å². The molecule has 1 fully saturated rings. The molecule has 2 N–H and O–H groups in total. The number of nitrogens with zero attached hydrogens (tertiary/aromatic N) is 2. The summed E-state index contributed by atoms with van der Waals surface area (Å²) in [7, 11) is 1.20. The third kappa shape index (κ3) is 4.01. The summed E-state index contributed by atoms with van der Waals surface area (Å²) < 4.78 is 32.4. The van der Waals surface area contributed by atoms with E-state index in [9.17, 15) is 14.0 Å². The summed E-state index contributed by atoms with van der Waals surface area (Å²) >= 11 is 0. The molecule has 0 spiro atoms. The molecule has 1 atom stereocenters. The maximum atomic E-state index is 14.9. The number of ether oxygens (including phenoxy) is 3. The van der Waals surface area contributed by atoms with Gasteiger partial charge in [-0.15, -0.1) is 0 Å². The molecule has 4 rings (SSSR count). The quantitative estimate of drug-likeness (QED) is 0.700. The van der Waals surface area contributed by atoms with Crippen LogP contribution in [0.25, 0.3) is 0 Å². The van der Waals surface area contributed by atoms with E-state index in [0.29, 0.717) is 32.0 Å². The minimum absolute atomic E-state index is 0.0919. The number of carbonyl (C=O) groups excluding carboxylic acids is 1. The first kappa shape index (κ1) is 22.0. The molecule has 0 bridgehead atoms. The molecule has 8 nitrogen and oxygen atoms in total. The van der Waals surface area contributed by atoms with Crippen molar-refractivity contribution in [2.24, 2.45) is 5.73 Å². The topological polar surface area (TPSA) is 96.0 Å². The number of morpholine rings is 1. The van der Waals surface area contributed by atoms with E-state index in [4.69, 9.17) is 19.9 Å². The molecule has 0 saturated carbocycles. The zero-order valence-electron chi connectivity index (χ0n) is 18.1. The van der Waals surface area contributed by atoms with E-state index in [0.717, 1.165) is 13.1 Å². The van der Waals surface area contributed by atoms with Gasteiger partial charge in [-0.3, -0.25) is 9.69 Å². The van der Waals surface area contributed by atoms with Crippen molar-refractivity contribution in [2.45, 2.75) is 19.4 Å². The average Bonchev–Trinajstić information content (AvgIpc) is 2.78. The Bertz CT molecular complexity index is 1120. The predicted octanol–water partition coefficient (Wildman–Crippen LogP) is 1.50. The van der Waals surface area contributed by atoms with E-state index < -0.39 is 17.7 Å². The molecular formula is C23H26FN3O5. The second kappa shape index (κ2) is 9.13. The highest BCUT2D eigenvalue weighted by Gasteiger charge is 2.39. The number of rotatable bonds is 5. The van der Waals surface area contributed by atoms with Crippen molar-refractivity contribution in [3.05, 3.63) is 74.8 Å². The van der Waals surface area contributed by atoms with Gasteiger partial charge in [-0.05, 0) is 13.0 Å². The molecule has 2 aliphatic heterocycles. The third-order valence-electron chi connectivity index (χ3n) is 5.93. The maximum absolute atomic E-state index is 14.9. The molecule has 0 aliphatic carbocycles. The first-order valence-electron chi connectivity index (χ1n) is 10.5. The normalized spacial score (nSPS) is 18.8. The summed E-state index contributed by atoms with van der Waals surface area (Å²) in [5.74, 6) is -2.37.